The Morgan fingerprint density at radius 3 is 2.65 bits per heavy atom. The summed E-state index contributed by atoms with van der Waals surface area (Å²) in [5.74, 6) is 0.465. The van der Waals surface area contributed by atoms with Gasteiger partial charge in [0.25, 0.3) is 0 Å². The van der Waals surface area contributed by atoms with Gasteiger partial charge in [-0.05, 0) is 26.7 Å². The Morgan fingerprint density at radius 2 is 2.06 bits per heavy atom. The van der Waals surface area contributed by atoms with Crippen molar-refractivity contribution in [2.75, 3.05) is 39.4 Å². The van der Waals surface area contributed by atoms with E-state index in [1.807, 2.05) is 0 Å². The molecule has 4 nitrogen and oxygen atoms in total. The van der Waals surface area contributed by atoms with E-state index in [9.17, 15) is 4.79 Å². The van der Waals surface area contributed by atoms with Gasteiger partial charge in [0.05, 0.1) is 12.1 Å². The first kappa shape index (κ1) is 13.0. The molecule has 2 fully saturated rings. The molecule has 0 radical (unpaired) electrons. The Bertz CT molecular complexity index is 267. The smallest absolute Gasteiger partial charge is 0.157 e. The van der Waals surface area contributed by atoms with Gasteiger partial charge >= 0.3 is 0 Å². The molecule has 2 aliphatic rings. The molecule has 1 atom stereocenters. The summed E-state index contributed by atoms with van der Waals surface area (Å²) in [6.07, 6.45) is 2.02. The van der Waals surface area contributed by atoms with Crippen LogP contribution in [0.15, 0.2) is 0 Å². The average Bonchev–Trinajstić information content (AvgIpc) is 2.40. The van der Waals surface area contributed by atoms with Crippen LogP contribution in [0.4, 0.5) is 0 Å². The largest absolute Gasteiger partial charge is 0.381 e. The Hall–Kier alpha value is -0.450. The van der Waals surface area contributed by atoms with Gasteiger partial charge in [-0.3, -0.25) is 9.69 Å². The molecule has 2 heterocycles. The summed E-state index contributed by atoms with van der Waals surface area (Å²) in [6.45, 7) is 9.46. The summed E-state index contributed by atoms with van der Waals surface area (Å²) in [5.41, 5.74) is -0.340. The summed E-state index contributed by atoms with van der Waals surface area (Å²) in [4.78, 5) is 14.9. The molecule has 0 aromatic carbocycles. The molecule has 1 N–H and O–H groups in total. The molecule has 4 heteroatoms. The molecule has 2 saturated heterocycles. The molecule has 17 heavy (non-hydrogen) atoms. The zero-order valence-corrected chi connectivity index (χ0v) is 11.0. The highest BCUT2D eigenvalue weighted by atomic mass is 16.5. The quantitative estimate of drug-likeness (QED) is 0.787. The molecule has 2 rings (SSSR count). The first-order valence-electron chi connectivity index (χ1n) is 6.70. The van der Waals surface area contributed by atoms with Gasteiger partial charge in [0.1, 0.15) is 0 Å². The maximum atomic E-state index is 12.6. The van der Waals surface area contributed by atoms with Gasteiger partial charge in [0.15, 0.2) is 5.78 Å². The van der Waals surface area contributed by atoms with E-state index in [0.29, 0.717) is 12.4 Å². The maximum Gasteiger partial charge on any atom is 0.157 e. The summed E-state index contributed by atoms with van der Waals surface area (Å²) >= 11 is 0. The lowest BCUT2D eigenvalue weighted by Gasteiger charge is -2.42. The zero-order valence-electron chi connectivity index (χ0n) is 11.0. The molecule has 98 valence electrons. The van der Waals surface area contributed by atoms with E-state index in [0.717, 1.165) is 45.6 Å². The molecule has 0 bridgehead atoms. The number of nitrogens with zero attached hydrogens (tertiary/aromatic N) is 1. The molecule has 0 amide bonds. The van der Waals surface area contributed by atoms with Crippen molar-refractivity contribution in [2.24, 2.45) is 5.92 Å². The Morgan fingerprint density at radius 1 is 1.35 bits per heavy atom. The van der Waals surface area contributed by atoms with Gasteiger partial charge in [-0.15, -0.1) is 0 Å². The molecule has 2 aliphatic heterocycles. The molecular weight excluding hydrogens is 216 g/mol. The van der Waals surface area contributed by atoms with E-state index in [1.54, 1.807) is 0 Å². The van der Waals surface area contributed by atoms with Crippen LogP contribution in [0.5, 0.6) is 0 Å². The van der Waals surface area contributed by atoms with Crippen molar-refractivity contribution in [3.8, 4) is 0 Å². The number of hydrogen-bond donors (Lipinski definition) is 1. The number of Topliss-reactive ketones (excluding diaryl/α,β-unsaturated/α-hetero) is 1. The molecule has 1 unspecified atom stereocenters. The fourth-order valence-corrected chi connectivity index (χ4v) is 2.83. The van der Waals surface area contributed by atoms with Crippen LogP contribution >= 0.6 is 0 Å². The third-order valence-corrected chi connectivity index (χ3v) is 4.04. The molecule has 0 spiro atoms. The maximum absolute atomic E-state index is 12.6. The zero-order chi connectivity index (χ0) is 12.3. The lowest BCUT2D eigenvalue weighted by atomic mass is 9.84. The van der Waals surface area contributed by atoms with Gasteiger partial charge in [0.2, 0.25) is 0 Å². The fraction of sp³-hybridized carbons (Fsp3) is 0.923. The van der Waals surface area contributed by atoms with Gasteiger partial charge in [-0.25, -0.2) is 0 Å². The highest BCUT2D eigenvalue weighted by Crippen LogP contribution is 2.25. The highest BCUT2D eigenvalue weighted by molar-refractivity contribution is 5.89. The summed E-state index contributed by atoms with van der Waals surface area (Å²) in [5, 5.41) is 3.33. The van der Waals surface area contributed by atoms with E-state index in [-0.39, 0.29) is 11.5 Å². The first-order valence-corrected chi connectivity index (χ1v) is 6.70. The van der Waals surface area contributed by atoms with Crippen LogP contribution in [0.3, 0.4) is 0 Å². The van der Waals surface area contributed by atoms with Crippen LogP contribution in [-0.2, 0) is 9.53 Å². The van der Waals surface area contributed by atoms with Crippen molar-refractivity contribution in [1.29, 1.82) is 0 Å². The van der Waals surface area contributed by atoms with E-state index >= 15 is 0 Å². The Balaban J connectivity index is 1.99. The van der Waals surface area contributed by atoms with Crippen molar-refractivity contribution >= 4 is 5.78 Å². The summed E-state index contributed by atoms with van der Waals surface area (Å²) in [7, 11) is 0. The molecular formula is C13H24N2O2. The number of hydrogen-bond acceptors (Lipinski definition) is 4. The third-order valence-electron chi connectivity index (χ3n) is 4.04. The predicted molar refractivity (Wildman–Crippen MR) is 67.1 cm³/mol. The number of carbonyl (C=O) groups excluding carboxylic acids is 1. The number of rotatable bonds is 3. The van der Waals surface area contributed by atoms with Crippen molar-refractivity contribution in [1.82, 2.24) is 10.2 Å². The van der Waals surface area contributed by atoms with E-state index in [4.69, 9.17) is 4.74 Å². The van der Waals surface area contributed by atoms with E-state index < -0.39 is 0 Å². The van der Waals surface area contributed by atoms with Crippen LogP contribution in [-0.4, -0.2) is 55.6 Å². The van der Waals surface area contributed by atoms with Crippen molar-refractivity contribution in [2.45, 2.75) is 32.2 Å². The van der Waals surface area contributed by atoms with Crippen molar-refractivity contribution < 1.29 is 9.53 Å². The van der Waals surface area contributed by atoms with Gasteiger partial charge in [-0.2, -0.15) is 0 Å². The van der Waals surface area contributed by atoms with Gasteiger partial charge in [-0.1, -0.05) is 0 Å². The van der Waals surface area contributed by atoms with E-state index in [1.165, 1.54) is 0 Å². The molecule has 0 aromatic rings. The minimum Gasteiger partial charge on any atom is -0.381 e. The standard InChI is InChI=1S/C13H24N2O2/c1-13(2,15-7-5-14-6-8-15)12(16)11-4-3-9-17-10-11/h11,14H,3-10H2,1-2H3. The number of piperazine rings is 1. The van der Waals surface area contributed by atoms with Crippen LogP contribution in [0.2, 0.25) is 0 Å². The minimum absolute atomic E-state index is 0.105. The lowest BCUT2D eigenvalue weighted by molar-refractivity contribution is -0.138. The normalized spacial score (nSPS) is 28.0. The highest BCUT2D eigenvalue weighted by Gasteiger charge is 2.39. The summed E-state index contributed by atoms with van der Waals surface area (Å²) in [6, 6.07) is 0. The lowest BCUT2D eigenvalue weighted by Crippen LogP contribution is -2.58. The molecule has 0 saturated carbocycles. The first-order chi connectivity index (χ1) is 8.12. The topological polar surface area (TPSA) is 41.6 Å². The molecule has 0 aromatic heterocycles. The number of ether oxygens (including phenoxy) is 1. The minimum atomic E-state index is -0.340. The van der Waals surface area contributed by atoms with Gasteiger partial charge < -0.3 is 10.1 Å². The van der Waals surface area contributed by atoms with Crippen LogP contribution in [0.25, 0.3) is 0 Å². The van der Waals surface area contributed by atoms with Crippen molar-refractivity contribution in [3.63, 3.8) is 0 Å². The monoisotopic (exact) mass is 240 g/mol. The predicted octanol–water partition coefficient (Wildman–Crippen LogP) is 0.666. The third kappa shape index (κ3) is 2.87. The fourth-order valence-electron chi connectivity index (χ4n) is 2.83. The van der Waals surface area contributed by atoms with Crippen molar-refractivity contribution in [3.05, 3.63) is 0 Å². The number of carbonyl (C=O) groups is 1. The van der Waals surface area contributed by atoms with Crippen LogP contribution in [0.1, 0.15) is 26.7 Å². The van der Waals surface area contributed by atoms with Crippen LogP contribution in [0, 0.1) is 5.92 Å². The second-order valence-corrected chi connectivity index (χ2v) is 5.57. The summed E-state index contributed by atoms with van der Waals surface area (Å²) < 4.78 is 5.43. The number of ketones is 1. The second-order valence-electron chi connectivity index (χ2n) is 5.57. The molecule has 0 aliphatic carbocycles. The Labute approximate surface area is 104 Å². The second kappa shape index (κ2) is 5.46. The Kier molecular flexibility index (Phi) is 4.17. The SMILES string of the molecule is CC(C)(C(=O)C1CCCOC1)N1CCNCC1. The average molecular weight is 240 g/mol. The van der Waals surface area contributed by atoms with E-state index in [2.05, 4.69) is 24.1 Å². The van der Waals surface area contributed by atoms with Crippen LogP contribution < -0.4 is 5.32 Å². The number of nitrogens with one attached hydrogen (secondary N) is 1. The van der Waals surface area contributed by atoms with Gasteiger partial charge in [0, 0.05) is 38.7 Å².